The zero-order valence-electron chi connectivity index (χ0n) is 11.3. The van der Waals surface area contributed by atoms with Crippen LogP contribution in [-0.4, -0.2) is 23.7 Å². The molecule has 0 saturated heterocycles. The summed E-state index contributed by atoms with van der Waals surface area (Å²) in [4.78, 5) is 11.0. The van der Waals surface area contributed by atoms with Crippen molar-refractivity contribution in [3.8, 4) is 0 Å². The van der Waals surface area contributed by atoms with Gasteiger partial charge in [0.15, 0.2) is 0 Å². The van der Waals surface area contributed by atoms with Crippen molar-refractivity contribution in [2.45, 2.75) is 45.6 Å². The first-order valence-electron chi connectivity index (χ1n) is 6.65. The van der Waals surface area contributed by atoms with Crippen LogP contribution in [0.15, 0.2) is 24.3 Å². The molecule has 3 nitrogen and oxygen atoms in total. The summed E-state index contributed by atoms with van der Waals surface area (Å²) in [5, 5.41) is 12.2. The van der Waals surface area contributed by atoms with Crippen LogP contribution in [-0.2, 0) is 11.2 Å². The van der Waals surface area contributed by atoms with Crippen molar-refractivity contribution in [1.29, 1.82) is 0 Å². The molecule has 1 aromatic carbocycles. The summed E-state index contributed by atoms with van der Waals surface area (Å²) in [6.45, 7) is 4.86. The quantitative estimate of drug-likeness (QED) is 0.745. The van der Waals surface area contributed by atoms with Crippen LogP contribution in [0.2, 0.25) is 0 Å². The highest BCUT2D eigenvalue weighted by atomic mass is 16.4. The van der Waals surface area contributed by atoms with Crippen LogP contribution >= 0.6 is 0 Å². The summed E-state index contributed by atoms with van der Waals surface area (Å²) in [7, 11) is 0. The summed E-state index contributed by atoms with van der Waals surface area (Å²) in [6, 6.07) is 7.92. The molecular formula is C15H23NO2. The molecular weight excluding hydrogens is 226 g/mol. The molecule has 0 aliphatic rings. The molecule has 1 unspecified atom stereocenters. The molecule has 0 amide bonds. The highest BCUT2D eigenvalue weighted by Gasteiger charge is 2.15. The molecule has 100 valence electrons. The maximum Gasteiger partial charge on any atom is 0.320 e. The Balaban J connectivity index is 2.36. The summed E-state index contributed by atoms with van der Waals surface area (Å²) >= 11 is 0. The minimum atomic E-state index is -0.743. The number of aliphatic carboxylic acids is 1. The number of carboxylic acids is 1. The predicted octanol–water partition coefficient (Wildman–Crippen LogP) is 2.77. The molecule has 0 saturated carbocycles. The van der Waals surface area contributed by atoms with Gasteiger partial charge in [0.05, 0.1) is 0 Å². The van der Waals surface area contributed by atoms with Crippen LogP contribution in [0.3, 0.4) is 0 Å². The fourth-order valence-electron chi connectivity index (χ4n) is 1.98. The predicted molar refractivity (Wildman–Crippen MR) is 73.8 cm³/mol. The Morgan fingerprint density at radius 2 is 2.22 bits per heavy atom. The van der Waals surface area contributed by atoms with Gasteiger partial charge in [-0.2, -0.15) is 0 Å². The molecule has 0 fully saturated rings. The van der Waals surface area contributed by atoms with E-state index in [4.69, 9.17) is 5.11 Å². The van der Waals surface area contributed by atoms with E-state index in [2.05, 4.69) is 37.4 Å². The Bertz CT molecular complexity index is 377. The molecule has 3 heteroatoms. The van der Waals surface area contributed by atoms with Gasteiger partial charge in [-0.05, 0) is 31.9 Å². The highest BCUT2D eigenvalue weighted by Crippen LogP contribution is 2.05. The summed E-state index contributed by atoms with van der Waals surface area (Å²) in [6.07, 6.45) is 3.56. The second-order valence-electron chi connectivity index (χ2n) is 4.73. The second kappa shape index (κ2) is 7.88. The summed E-state index contributed by atoms with van der Waals surface area (Å²) in [5.74, 6) is -0.743. The van der Waals surface area contributed by atoms with Gasteiger partial charge < -0.3 is 10.4 Å². The third kappa shape index (κ3) is 5.32. The smallest absolute Gasteiger partial charge is 0.320 e. The first kappa shape index (κ1) is 14.7. The standard InChI is InChI=1S/C15H23NO2/c1-3-4-8-14(15(17)18)16-10-9-13-7-5-6-12(2)11-13/h5-7,11,14,16H,3-4,8-10H2,1-2H3,(H,17,18). The molecule has 2 N–H and O–H groups in total. The van der Waals surface area contributed by atoms with Gasteiger partial charge in [0.1, 0.15) is 6.04 Å². The van der Waals surface area contributed by atoms with Crippen LogP contribution in [0.5, 0.6) is 0 Å². The average Bonchev–Trinajstić information content (AvgIpc) is 2.33. The van der Waals surface area contributed by atoms with Crippen LogP contribution in [0.25, 0.3) is 0 Å². The number of aryl methyl sites for hydroxylation is 1. The Kier molecular flexibility index (Phi) is 6.44. The third-order valence-electron chi connectivity index (χ3n) is 3.03. The van der Waals surface area contributed by atoms with Gasteiger partial charge >= 0.3 is 5.97 Å². The molecule has 1 aromatic rings. The number of hydrogen-bond donors (Lipinski definition) is 2. The molecule has 1 rings (SSSR count). The zero-order chi connectivity index (χ0) is 13.4. The highest BCUT2D eigenvalue weighted by molar-refractivity contribution is 5.73. The molecule has 1 atom stereocenters. The van der Waals surface area contributed by atoms with Crippen molar-refractivity contribution in [3.05, 3.63) is 35.4 Å². The van der Waals surface area contributed by atoms with E-state index in [1.54, 1.807) is 0 Å². The van der Waals surface area contributed by atoms with Gasteiger partial charge in [0.25, 0.3) is 0 Å². The van der Waals surface area contributed by atoms with E-state index in [0.717, 1.165) is 19.3 Å². The fraction of sp³-hybridized carbons (Fsp3) is 0.533. The lowest BCUT2D eigenvalue weighted by Crippen LogP contribution is -2.37. The maximum atomic E-state index is 11.0. The number of carbonyl (C=O) groups is 1. The van der Waals surface area contributed by atoms with E-state index in [1.807, 2.05) is 6.07 Å². The van der Waals surface area contributed by atoms with Crippen molar-refractivity contribution in [3.63, 3.8) is 0 Å². The van der Waals surface area contributed by atoms with Crippen molar-refractivity contribution in [1.82, 2.24) is 5.32 Å². The second-order valence-corrected chi connectivity index (χ2v) is 4.73. The van der Waals surface area contributed by atoms with E-state index in [9.17, 15) is 4.79 Å². The van der Waals surface area contributed by atoms with Crippen molar-refractivity contribution >= 4 is 5.97 Å². The van der Waals surface area contributed by atoms with E-state index < -0.39 is 12.0 Å². The lowest BCUT2D eigenvalue weighted by atomic mass is 10.1. The Hall–Kier alpha value is -1.35. The maximum absolute atomic E-state index is 11.0. The van der Waals surface area contributed by atoms with Crippen LogP contribution in [0.4, 0.5) is 0 Å². The Labute approximate surface area is 109 Å². The van der Waals surface area contributed by atoms with E-state index in [1.165, 1.54) is 11.1 Å². The molecule has 0 bridgehead atoms. The lowest BCUT2D eigenvalue weighted by Gasteiger charge is -2.14. The average molecular weight is 249 g/mol. The normalized spacial score (nSPS) is 12.3. The molecule has 0 aromatic heterocycles. The van der Waals surface area contributed by atoms with Crippen molar-refractivity contribution in [2.24, 2.45) is 0 Å². The topological polar surface area (TPSA) is 49.3 Å². The zero-order valence-corrected chi connectivity index (χ0v) is 11.3. The van der Waals surface area contributed by atoms with Gasteiger partial charge in [0.2, 0.25) is 0 Å². The third-order valence-corrected chi connectivity index (χ3v) is 3.03. The van der Waals surface area contributed by atoms with Gasteiger partial charge in [-0.15, -0.1) is 0 Å². The first-order valence-corrected chi connectivity index (χ1v) is 6.65. The molecule has 0 aliphatic heterocycles. The van der Waals surface area contributed by atoms with Crippen LogP contribution in [0.1, 0.15) is 37.3 Å². The number of carboxylic acid groups (broad SMARTS) is 1. The van der Waals surface area contributed by atoms with E-state index >= 15 is 0 Å². The largest absolute Gasteiger partial charge is 0.480 e. The van der Waals surface area contributed by atoms with Crippen LogP contribution < -0.4 is 5.32 Å². The SMILES string of the molecule is CCCCC(NCCc1cccc(C)c1)C(=O)O. The minimum Gasteiger partial charge on any atom is -0.480 e. The van der Waals surface area contributed by atoms with E-state index in [-0.39, 0.29) is 0 Å². The van der Waals surface area contributed by atoms with Crippen LogP contribution in [0, 0.1) is 6.92 Å². The van der Waals surface area contributed by atoms with Gasteiger partial charge in [-0.3, -0.25) is 4.79 Å². The molecule has 18 heavy (non-hydrogen) atoms. The van der Waals surface area contributed by atoms with Gasteiger partial charge in [-0.1, -0.05) is 49.6 Å². The Morgan fingerprint density at radius 3 is 2.83 bits per heavy atom. The summed E-state index contributed by atoms with van der Waals surface area (Å²) in [5.41, 5.74) is 2.50. The van der Waals surface area contributed by atoms with Crippen molar-refractivity contribution in [2.75, 3.05) is 6.54 Å². The molecule has 0 radical (unpaired) electrons. The lowest BCUT2D eigenvalue weighted by molar-refractivity contribution is -0.139. The number of nitrogens with one attached hydrogen (secondary N) is 1. The number of rotatable bonds is 8. The van der Waals surface area contributed by atoms with Gasteiger partial charge in [-0.25, -0.2) is 0 Å². The Morgan fingerprint density at radius 1 is 1.44 bits per heavy atom. The first-order chi connectivity index (χ1) is 8.63. The minimum absolute atomic E-state index is 0.408. The number of hydrogen-bond acceptors (Lipinski definition) is 2. The fourth-order valence-corrected chi connectivity index (χ4v) is 1.98. The van der Waals surface area contributed by atoms with Gasteiger partial charge in [0, 0.05) is 0 Å². The molecule has 0 heterocycles. The number of unbranched alkanes of at least 4 members (excludes halogenated alkanes) is 1. The van der Waals surface area contributed by atoms with Crippen molar-refractivity contribution < 1.29 is 9.90 Å². The number of benzene rings is 1. The monoisotopic (exact) mass is 249 g/mol. The van der Waals surface area contributed by atoms with E-state index in [0.29, 0.717) is 13.0 Å². The molecule has 0 aliphatic carbocycles. The molecule has 0 spiro atoms. The summed E-state index contributed by atoms with van der Waals surface area (Å²) < 4.78 is 0.